The van der Waals surface area contributed by atoms with Crippen LogP contribution < -0.4 is 0 Å². The number of carbonyl (C=O) groups excluding carboxylic acids is 1. The van der Waals surface area contributed by atoms with Crippen LogP contribution in [-0.2, 0) is 13.6 Å². The number of urea groups is 1. The van der Waals surface area contributed by atoms with E-state index in [1.54, 1.807) is 20.3 Å². The predicted molar refractivity (Wildman–Crippen MR) is 80.8 cm³/mol. The summed E-state index contributed by atoms with van der Waals surface area (Å²) in [6, 6.07) is 7.14. The number of hydrogen-bond donors (Lipinski definition) is 0. The summed E-state index contributed by atoms with van der Waals surface area (Å²) in [5, 5.41) is 0. The van der Waals surface area contributed by atoms with Crippen molar-refractivity contribution in [2.75, 3.05) is 28.3 Å². The van der Waals surface area contributed by atoms with Gasteiger partial charge in [-0.1, -0.05) is 24.3 Å². The molecule has 0 aromatic heterocycles. The first-order chi connectivity index (χ1) is 9.94. The average Bonchev–Trinajstić information content (AvgIpc) is 2.52. The molecule has 0 radical (unpaired) electrons. The number of hydrogen-bond acceptors (Lipinski definition) is 4. The van der Waals surface area contributed by atoms with Gasteiger partial charge >= 0.3 is 13.6 Å². The molecule has 1 aromatic carbocycles. The Labute approximate surface area is 124 Å². The number of rotatable bonds is 3. The van der Waals surface area contributed by atoms with E-state index in [1.807, 2.05) is 30.3 Å². The van der Waals surface area contributed by atoms with Crippen molar-refractivity contribution in [3.05, 3.63) is 41.6 Å². The van der Waals surface area contributed by atoms with Crippen molar-refractivity contribution in [1.82, 2.24) is 9.80 Å². The zero-order valence-electron chi connectivity index (χ0n) is 12.5. The van der Waals surface area contributed by atoms with E-state index in [9.17, 15) is 9.36 Å². The third-order valence-electron chi connectivity index (χ3n) is 3.36. The van der Waals surface area contributed by atoms with Gasteiger partial charge < -0.3 is 13.9 Å². The van der Waals surface area contributed by atoms with Crippen LogP contribution in [0.2, 0.25) is 0 Å². The standard InChI is InChI=1S/C14H19N2O4P/c1-15(2)14(17)16-10-9-11-7-5-6-8-12(11)13(16)21(18,19-3)20-4/h5-10,13H,1-4H3. The summed E-state index contributed by atoms with van der Waals surface area (Å²) in [6.07, 6.45) is 3.42. The van der Waals surface area contributed by atoms with Crippen molar-refractivity contribution in [3.63, 3.8) is 0 Å². The van der Waals surface area contributed by atoms with E-state index in [2.05, 4.69) is 0 Å². The molecule has 21 heavy (non-hydrogen) atoms. The minimum Gasteiger partial charge on any atom is -0.330 e. The van der Waals surface area contributed by atoms with E-state index in [-0.39, 0.29) is 6.03 Å². The lowest BCUT2D eigenvalue weighted by atomic mass is 10.0. The van der Waals surface area contributed by atoms with Gasteiger partial charge in [0.05, 0.1) is 0 Å². The van der Waals surface area contributed by atoms with Gasteiger partial charge in [-0.15, -0.1) is 0 Å². The minimum absolute atomic E-state index is 0.292. The molecule has 2 amide bonds. The van der Waals surface area contributed by atoms with Crippen LogP contribution in [0.4, 0.5) is 4.79 Å². The summed E-state index contributed by atoms with van der Waals surface area (Å²) in [5.41, 5.74) is 1.63. The summed E-state index contributed by atoms with van der Waals surface area (Å²) in [7, 11) is 2.41. The Balaban J connectivity index is 2.59. The van der Waals surface area contributed by atoms with E-state index in [0.717, 1.165) is 11.1 Å². The monoisotopic (exact) mass is 310 g/mol. The van der Waals surface area contributed by atoms with Crippen LogP contribution in [-0.4, -0.2) is 44.1 Å². The fourth-order valence-electron chi connectivity index (χ4n) is 2.29. The number of carbonyl (C=O) groups is 1. The van der Waals surface area contributed by atoms with Crippen LogP contribution in [0.1, 0.15) is 16.9 Å². The molecule has 1 atom stereocenters. The largest absolute Gasteiger partial charge is 0.357 e. The fourth-order valence-corrected chi connectivity index (χ4v) is 3.89. The first-order valence-electron chi connectivity index (χ1n) is 6.42. The maximum atomic E-state index is 12.9. The van der Waals surface area contributed by atoms with Crippen molar-refractivity contribution in [3.8, 4) is 0 Å². The Morgan fingerprint density at radius 3 is 2.43 bits per heavy atom. The minimum atomic E-state index is -3.51. The molecule has 7 heteroatoms. The van der Waals surface area contributed by atoms with Gasteiger partial charge in [-0.2, -0.15) is 0 Å². The normalized spacial score (nSPS) is 17.5. The van der Waals surface area contributed by atoms with Gasteiger partial charge in [-0.25, -0.2) is 4.79 Å². The number of benzene rings is 1. The van der Waals surface area contributed by atoms with Crippen LogP contribution in [0, 0.1) is 0 Å². The lowest BCUT2D eigenvalue weighted by Crippen LogP contribution is -2.39. The van der Waals surface area contributed by atoms with Gasteiger partial charge in [0.15, 0.2) is 5.78 Å². The zero-order chi connectivity index (χ0) is 15.6. The summed E-state index contributed by atoms with van der Waals surface area (Å²) in [4.78, 5) is 15.2. The molecule has 114 valence electrons. The zero-order valence-corrected chi connectivity index (χ0v) is 13.4. The van der Waals surface area contributed by atoms with Crippen molar-refractivity contribution < 1.29 is 18.4 Å². The molecule has 0 aliphatic carbocycles. The third kappa shape index (κ3) is 2.75. The van der Waals surface area contributed by atoms with Crippen LogP contribution in [0.3, 0.4) is 0 Å². The molecule has 2 rings (SSSR count). The topological polar surface area (TPSA) is 59.1 Å². The third-order valence-corrected chi connectivity index (χ3v) is 5.51. The molecule has 0 N–H and O–H groups in total. The predicted octanol–water partition coefficient (Wildman–Crippen LogP) is 3.14. The highest BCUT2D eigenvalue weighted by Crippen LogP contribution is 2.62. The molecule has 1 aliphatic heterocycles. The first kappa shape index (κ1) is 15.8. The summed E-state index contributed by atoms with van der Waals surface area (Å²) in [5.74, 6) is -0.802. The summed E-state index contributed by atoms with van der Waals surface area (Å²) >= 11 is 0. The number of fused-ring (bicyclic) bond motifs is 1. The second-order valence-electron chi connectivity index (χ2n) is 4.81. The Kier molecular flexibility index (Phi) is 4.52. The highest BCUT2D eigenvalue weighted by Gasteiger charge is 2.44. The summed E-state index contributed by atoms with van der Waals surface area (Å²) in [6.45, 7) is 0. The van der Waals surface area contributed by atoms with Crippen molar-refractivity contribution in [2.45, 2.75) is 5.78 Å². The first-order valence-corrected chi connectivity index (χ1v) is 8.03. The quantitative estimate of drug-likeness (QED) is 0.805. The van der Waals surface area contributed by atoms with Gasteiger partial charge in [0, 0.05) is 34.5 Å². The molecule has 0 saturated carbocycles. The Bertz CT molecular complexity index is 607. The Morgan fingerprint density at radius 1 is 1.24 bits per heavy atom. The van der Waals surface area contributed by atoms with Gasteiger partial charge in [0.25, 0.3) is 0 Å². The maximum absolute atomic E-state index is 12.9. The lowest BCUT2D eigenvalue weighted by Gasteiger charge is -2.37. The highest BCUT2D eigenvalue weighted by atomic mass is 31.2. The Morgan fingerprint density at radius 2 is 1.86 bits per heavy atom. The fraction of sp³-hybridized carbons (Fsp3) is 0.357. The maximum Gasteiger partial charge on any atom is 0.357 e. The van der Waals surface area contributed by atoms with E-state index < -0.39 is 13.4 Å². The second-order valence-corrected chi connectivity index (χ2v) is 7.11. The van der Waals surface area contributed by atoms with Crippen LogP contribution in [0.25, 0.3) is 6.08 Å². The molecule has 1 heterocycles. The molecule has 1 aliphatic rings. The van der Waals surface area contributed by atoms with Crippen molar-refractivity contribution >= 4 is 19.7 Å². The number of amides is 2. The van der Waals surface area contributed by atoms with Gasteiger partial charge in [0.1, 0.15) is 0 Å². The van der Waals surface area contributed by atoms with Gasteiger partial charge in [0.2, 0.25) is 0 Å². The molecule has 1 unspecified atom stereocenters. The molecule has 0 spiro atoms. The van der Waals surface area contributed by atoms with E-state index in [0.29, 0.717) is 0 Å². The van der Waals surface area contributed by atoms with Crippen LogP contribution in [0.5, 0.6) is 0 Å². The molecular formula is C14H19N2O4P. The molecule has 0 bridgehead atoms. The van der Waals surface area contributed by atoms with E-state index in [4.69, 9.17) is 9.05 Å². The number of nitrogens with zero attached hydrogens (tertiary/aromatic N) is 2. The smallest absolute Gasteiger partial charge is 0.330 e. The molecule has 0 fully saturated rings. The lowest BCUT2D eigenvalue weighted by molar-refractivity contribution is 0.172. The molecule has 6 nitrogen and oxygen atoms in total. The molecule has 0 saturated heterocycles. The van der Waals surface area contributed by atoms with Gasteiger partial charge in [-0.3, -0.25) is 9.46 Å². The molecular weight excluding hydrogens is 291 g/mol. The van der Waals surface area contributed by atoms with Gasteiger partial charge in [-0.05, 0) is 17.2 Å². The SMILES string of the molecule is COP(=O)(OC)C1c2ccccc2C=CN1C(=O)N(C)C. The van der Waals surface area contributed by atoms with E-state index >= 15 is 0 Å². The van der Waals surface area contributed by atoms with Crippen LogP contribution in [0.15, 0.2) is 30.5 Å². The van der Waals surface area contributed by atoms with Crippen molar-refractivity contribution in [2.24, 2.45) is 0 Å². The average molecular weight is 310 g/mol. The summed E-state index contributed by atoms with van der Waals surface area (Å²) < 4.78 is 23.2. The second kappa shape index (κ2) is 6.02. The van der Waals surface area contributed by atoms with E-state index in [1.165, 1.54) is 24.0 Å². The van der Waals surface area contributed by atoms with Crippen molar-refractivity contribution in [1.29, 1.82) is 0 Å². The van der Waals surface area contributed by atoms with Crippen LogP contribution >= 0.6 is 7.60 Å². The molecule has 1 aromatic rings. The highest BCUT2D eigenvalue weighted by molar-refractivity contribution is 7.54. The Hall–Kier alpha value is -1.62.